The lowest BCUT2D eigenvalue weighted by molar-refractivity contribution is -0.230. The molecule has 5 rings (SSSR count). The van der Waals surface area contributed by atoms with E-state index in [-0.39, 0.29) is 18.0 Å². The van der Waals surface area contributed by atoms with Crippen LogP contribution in [-0.2, 0) is 22.4 Å². The van der Waals surface area contributed by atoms with Gasteiger partial charge < -0.3 is 29.4 Å². The van der Waals surface area contributed by atoms with Crippen LogP contribution in [0.3, 0.4) is 0 Å². The van der Waals surface area contributed by atoms with Gasteiger partial charge >= 0.3 is 0 Å². The van der Waals surface area contributed by atoms with Crippen LogP contribution in [0.2, 0.25) is 0 Å². The van der Waals surface area contributed by atoms with Gasteiger partial charge in [-0.3, -0.25) is 9.97 Å². The highest BCUT2D eigenvalue weighted by atomic mass is 32.2. The van der Waals surface area contributed by atoms with Crippen LogP contribution in [0, 0.1) is 5.82 Å². The van der Waals surface area contributed by atoms with E-state index in [0.717, 1.165) is 22.5 Å². The first-order chi connectivity index (χ1) is 16.1. The summed E-state index contributed by atoms with van der Waals surface area (Å²) in [7, 11) is 1.48. The Bertz CT molecular complexity index is 1150. The van der Waals surface area contributed by atoms with Crippen LogP contribution in [0.15, 0.2) is 35.5 Å². The van der Waals surface area contributed by atoms with Crippen LogP contribution in [0.25, 0.3) is 11.0 Å². The van der Waals surface area contributed by atoms with Crippen LogP contribution >= 0.6 is 11.8 Å². The maximum Gasteiger partial charge on any atom is 0.213 e. The summed E-state index contributed by atoms with van der Waals surface area (Å²) in [6.07, 6.45) is 0.877. The number of aliphatic hydroxyl groups is 1. The number of hydrogen-bond acceptors (Lipinski definition) is 10. The third-order valence-corrected chi connectivity index (χ3v) is 6.35. The average Bonchev–Trinajstić information content (AvgIpc) is 3.32. The van der Waals surface area contributed by atoms with Gasteiger partial charge in [0.2, 0.25) is 5.88 Å². The average molecular weight is 475 g/mol. The zero-order valence-electron chi connectivity index (χ0n) is 17.9. The Labute approximate surface area is 193 Å². The highest BCUT2D eigenvalue weighted by Gasteiger charge is 2.29. The molecule has 0 saturated carbocycles. The van der Waals surface area contributed by atoms with Crippen LogP contribution in [0.5, 0.6) is 11.6 Å². The van der Waals surface area contributed by atoms with Gasteiger partial charge in [0.15, 0.2) is 12.0 Å². The zero-order chi connectivity index (χ0) is 22.8. The smallest absolute Gasteiger partial charge is 0.213 e. The SMILES string of the molecule is COc1ccc2ncc(F)c(C[C@H](O)C3OCC(NCc4cc5c(cn4)OCS5)CO3)c2n1. The largest absolute Gasteiger partial charge is 0.481 e. The Morgan fingerprint density at radius 1 is 1.27 bits per heavy atom. The second-order valence-corrected chi connectivity index (χ2v) is 8.68. The van der Waals surface area contributed by atoms with Crippen LogP contribution in [0.4, 0.5) is 4.39 Å². The number of rotatable bonds is 7. The van der Waals surface area contributed by atoms with Crippen molar-refractivity contribution in [1.82, 2.24) is 20.3 Å². The molecule has 0 amide bonds. The summed E-state index contributed by atoms with van der Waals surface area (Å²) in [6.45, 7) is 1.24. The molecule has 174 valence electrons. The lowest BCUT2D eigenvalue weighted by Gasteiger charge is -2.32. The van der Waals surface area contributed by atoms with Crippen LogP contribution < -0.4 is 14.8 Å². The Hall–Kier alpha value is -2.57. The van der Waals surface area contributed by atoms with Crippen molar-refractivity contribution >= 4 is 22.8 Å². The van der Waals surface area contributed by atoms with Gasteiger partial charge in [-0.1, -0.05) is 11.8 Å². The monoisotopic (exact) mass is 474 g/mol. The Kier molecular flexibility index (Phi) is 6.56. The normalized spacial score (nSPS) is 20.9. The fraction of sp³-hybridized carbons (Fsp3) is 0.409. The summed E-state index contributed by atoms with van der Waals surface area (Å²) in [6, 6.07) is 5.30. The maximum absolute atomic E-state index is 14.5. The van der Waals surface area contributed by atoms with Crippen molar-refractivity contribution in [3.05, 3.63) is 47.7 Å². The fourth-order valence-electron chi connectivity index (χ4n) is 3.74. The number of nitrogens with one attached hydrogen (secondary N) is 1. The molecule has 0 radical (unpaired) electrons. The molecule has 9 nitrogen and oxygen atoms in total. The maximum atomic E-state index is 14.5. The quantitative estimate of drug-likeness (QED) is 0.528. The topological polar surface area (TPSA) is 108 Å². The number of fused-ring (bicyclic) bond motifs is 2. The number of aromatic nitrogens is 3. The molecule has 3 aromatic heterocycles. The number of ether oxygens (including phenoxy) is 4. The summed E-state index contributed by atoms with van der Waals surface area (Å²) >= 11 is 1.64. The molecule has 2 aliphatic rings. The number of halogens is 1. The van der Waals surface area contributed by atoms with Gasteiger partial charge in [-0.15, -0.1) is 0 Å². The van der Waals surface area contributed by atoms with Gasteiger partial charge in [-0.25, -0.2) is 9.37 Å². The van der Waals surface area contributed by atoms with E-state index in [1.54, 1.807) is 30.1 Å². The lowest BCUT2D eigenvalue weighted by atomic mass is 10.1. The van der Waals surface area contributed by atoms with Gasteiger partial charge in [0, 0.05) is 24.6 Å². The van der Waals surface area contributed by atoms with Gasteiger partial charge in [-0.05, 0) is 12.1 Å². The molecule has 0 bridgehead atoms. The third kappa shape index (κ3) is 4.87. The predicted molar refractivity (Wildman–Crippen MR) is 118 cm³/mol. The highest BCUT2D eigenvalue weighted by Crippen LogP contribution is 2.35. The lowest BCUT2D eigenvalue weighted by Crippen LogP contribution is -2.48. The summed E-state index contributed by atoms with van der Waals surface area (Å²) in [5.74, 6) is 1.22. The predicted octanol–water partition coefficient (Wildman–Crippen LogP) is 2.05. The first kappa shape index (κ1) is 22.2. The molecule has 0 aromatic carbocycles. The van der Waals surface area contributed by atoms with Crippen molar-refractivity contribution in [3.8, 4) is 11.6 Å². The Morgan fingerprint density at radius 2 is 2.12 bits per heavy atom. The highest BCUT2D eigenvalue weighted by molar-refractivity contribution is 7.99. The first-order valence-electron chi connectivity index (χ1n) is 10.5. The number of thioether (sulfide) groups is 1. The minimum Gasteiger partial charge on any atom is -0.481 e. The molecule has 33 heavy (non-hydrogen) atoms. The van der Waals surface area contributed by atoms with Gasteiger partial charge in [0.25, 0.3) is 0 Å². The second-order valence-electron chi connectivity index (χ2n) is 7.72. The molecule has 2 aliphatic heterocycles. The van der Waals surface area contributed by atoms with E-state index in [2.05, 4.69) is 20.3 Å². The molecule has 1 saturated heterocycles. The Morgan fingerprint density at radius 3 is 2.94 bits per heavy atom. The molecule has 5 heterocycles. The van der Waals surface area contributed by atoms with E-state index in [1.807, 2.05) is 6.07 Å². The molecule has 0 unspecified atom stereocenters. The Balaban J connectivity index is 1.17. The van der Waals surface area contributed by atoms with E-state index in [9.17, 15) is 9.50 Å². The van der Waals surface area contributed by atoms with E-state index in [1.165, 1.54) is 7.11 Å². The van der Waals surface area contributed by atoms with Gasteiger partial charge in [0.05, 0.1) is 60.4 Å². The summed E-state index contributed by atoms with van der Waals surface area (Å²) in [5, 5.41) is 14.0. The van der Waals surface area contributed by atoms with E-state index >= 15 is 0 Å². The van der Waals surface area contributed by atoms with Crippen molar-refractivity contribution in [2.45, 2.75) is 36.3 Å². The summed E-state index contributed by atoms with van der Waals surface area (Å²) < 4.78 is 36.6. The second kappa shape index (κ2) is 9.74. The number of hydrogen-bond donors (Lipinski definition) is 2. The van der Waals surface area contributed by atoms with Gasteiger partial charge in [-0.2, -0.15) is 0 Å². The molecule has 1 fully saturated rings. The van der Waals surface area contributed by atoms with Crippen LogP contribution in [0.1, 0.15) is 11.3 Å². The van der Waals surface area contributed by atoms with Crippen molar-refractivity contribution < 1.29 is 28.4 Å². The molecular weight excluding hydrogens is 451 g/mol. The van der Waals surface area contributed by atoms with Crippen molar-refractivity contribution in [3.63, 3.8) is 0 Å². The minimum absolute atomic E-state index is 0.0352. The first-order valence-corrected chi connectivity index (χ1v) is 11.5. The minimum atomic E-state index is -1.07. The van der Waals surface area contributed by atoms with Crippen molar-refractivity contribution in [2.75, 3.05) is 26.3 Å². The molecule has 0 spiro atoms. The molecule has 1 atom stereocenters. The molecular formula is C22H23FN4O5S. The van der Waals surface area contributed by atoms with E-state index in [0.29, 0.717) is 42.6 Å². The number of aliphatic hydroxyl groups excluding tert-OH is 1. The molecule has 0 aliphatic carbocycles. The summed E-state index contributed by atoms with van der Waals surface area (Å²) in [5.41, 5.74) is 1.99. The number of pyridine rings is 3. The van der Waals surface area contributed by atoms with E-state index < -0.39 is 18.2 Å². The zero-order valence-corrected chi connectivity index (χ0v) is 18.7. The van der Waals surface area contributed by atoms with Crippen molar-refractivity contribution in [1.29, 1.82) is 0 Å². The van der Waals surface area contributed by atoms with Crippen LogP contribution in [-0.4, -0.2) is 64.8 Å². The fourth-order valence-corrected chi connectivity index (χ4v) is 4.52. The van der Waals surface area contributed by atoms with E-state index in [4.69, 9.17) is 18.9 Å². The standard InChI is InChI=1S/C22H23FN4O5S/c1-29-20-3-2-16-21(27-20)14(15(23)7-26-16)5-17(28)22-30-9-13(10-31-22)24-6-12-4-19-18(8-25-12)32-11-33-19/h2-4,7-8,13,17,22,24,28H,5-6,9-11H2,1H3/t13?,17-,22?/m0/s1. The van der Waals surface area contributed by atoms with Gasteiger partial charge in [0.1, 0.15) is 17.9 Å². The molecule has 3 aromatic rings. The molecule has 2 N–H and O–H groups in total. The number of nitrogens with zero attached hydrogens (tertiary/aromatic N) is 3. The third-order valence-electron chi connectivity index (χ3n) is 5.49. The molecule has 11 heteroatoms. The van der Waals surface area contributed by atoms with Crippen molar-refractivity contribution in [2.24, 2.45) is 0 Å². The number of methoxy groups -OCH3 is 1. The summed E-state index contributed by atoms with van der Waals surface area (Å²) in [4.78, 5) is 13.8.